The van der Waals surface area contributed by atoms with E-state index in [2.05, 4.69) is 51.9 Å². The van der Waals surface area contributed by atoms with Gasteiger partial charge in [0, 0.05) is 16.6 Å². The Morgan fingerprint density at radius 3 is 2.15 bits per heavy atom. The van der Waals surface area contributed by atoms with Crippen molar-refractivity contribution in [1.82, 2.24) is 10.2 Å². The van der Waals surface area contributed by atoms with Crippen molar-refractivity contribution >= 4 is 34.1 Å². The summed E-state index contributed by atoms with van der Waals surface area (Å²) in [4.78, 5) is 12.5. The lowest BCUT2D eigenvalue weighted by molar-refractivity contribution is -0.113. The minimum Gasteiger partial charge on any atom is -0.325 e. The van der Waals surface area contributed by atoms with Crippen LogP contribution in [0.3, 0.4) is 0 Å². The molecule has 0 fully saturated rings. The Morgan fingerprint density at radius 1 is 0.667 bits per heavy atom. The number of benzene rings is 4. The van der Waals surface area contributed by atoms with E-state index in [-0.39, 0.29) is 11.7 Å². The van der Waals surface area contributed by atoms with Crippen LogP contribution in [0.1, 0.15) is 0 Å². The molecular formula is C28H21N3OS. The second kappa shape index (κ2) is 9.67. The average Bonchev–Trinajstić information content (AvgIpc) is 2.89. The summed E-state index contributed by atoms with van der Waals surface area (Å²) in [7, 11) is 0. The highest BCUT2D eigenvalue weighted by molar-refractivity contribution is 7.99. The van der Waals surface area contributed by atoms with Crippen LogP contribution < -0.4 is 5.32 Å². The van der Waals surface area contributed by atoms with E-state index in [1.807, 2.05) is 72.8 Å². The second-order valence-electron chi connectivity index (χ2n) is 7.56. The second-order valence-corrected chi connectivity index (χ2v) is 8.56. The molecule has 0 aliphatic heterocycles. The Balaban J connectivity index is 1.21. The highest BCUT2D eigenvalue weighted by Gasteiger charge is 2.08. The maximum absolute atomic E-state index is 12.5. The molecule has 0 bridgehead atoms. The molecular weight excluding hydrogens is 426 g/mol. The molecule has 0 saturated heterocycles. The van der Waals surface area contributed by atoms with Crippen molar-refractivity contribution in [2.24, 2.45) is 0 Å². The summed E-state index contributed by atoms with van der Waals surface area (Å²) >= 11 is 1.37. The highest BCUT2D eigenvalue weighted by Crippen LogP contribution is 2.26. The number of nitrogens with one attached hydrogen (secondary N) is 1. The third-order valence-electron chi connectivity index (χ3n) is 5.34. The van der Waals surface area contributed by atoms with Crippen LogP contribution in [0, 0.1) is 0 Å². The van der Waals surface area contributed by atoms with Crippen molar-refractivity contribution in [1.29, 1.82) is 0 Å². The number of rotatable bonds is 6. The molecule has 1 aromatic heterocycles. The van der Waals surface area contributed by atoms with Crippen LogP contribution in [0.15, 0.2) is 114 Å². The van der Waals surface area contributed by atoms with Crippen LogP contribution in [0.5, 0.6) is 0 Å². The van der Waals surface area contributed by atoms with Gasteiger partial charge >= 0.3 is 0 Å². The van der Waals surface area contributed by atoms with Crippen LogP contribution in [-0.2, 0) is 4.79 Å². The van der Waals surface area contributed by atoms with Gasteiger partial charge in [-0.15, -0.1) is 10.2 Å². The van der Waals surface area contributed by atoms with Gasteiger partial charge in [0.05, 0.1) is 11.4 Å². The van der Waals surface area contributed by atoms with Crippen LogP contribution in [-0.4, -0.2) is 21.9 Å². The zero-order valence-corrected chi connectivity index (χ0v) is 18.6. The molecule has 0 unspecified atom stereocenters. The molecule has 1 amide bonds. The monoisotopic (exact) mass is 447 g/mol. The normalized spacial score (nSPS) is 10.8. The molecule has 5 heteroatoms. The third-order valence-corrected chi connectivity index (χ3v) is 6.26. The van der Waals surface area contributed by atoms with Gasteiger partial charge < -0.3 is 5.32 Å². The van der Waals surface area contributed by atoms with E-state index in [9.17, 15) is 4.79 Å². The van der Waals surface area contributed by atoms with Gasteiger partial charge in [-0.3, -0.25) is 4.79 Å². The van der Waals surface area contributed by atoms with Crippen molar-refractivity contribution in [3.8, 4) is 22.4 Å². The molecule has 1 N–H and O–H groups in total. The van der Waals surface area contributed by atoms with E-state index in [1.165, 1.54) is 17.3 Å². The fourth-order valence-electron chi connectivity index (χ4n) is 3.68. The Morgan fingerprint density at radius 2 is 1.36 bits per heavy atom. The Kier molecular flexibility index (Phi) is 6.13. The lowest BCUT2D eigenvalue weighted by Crippen LogP contribution is -2.14. The molecule has 0 aliphatic carbocycles. The summed E-state index contributed by atoms with van der Waals surface area (Å²) < 4.78 is 0. The van der Waals surface area contributed by atoms with Gasteiger partial charge in [-0.25, -0.2) is 0 Å². The van der Waals surface area contributed by atoms with Gasteiger partial charge in [0.25, 0.3) is 0 Å². The number of hydrogen-bond acceptors (Lipinski definition) is 4. The minimum absolute atomic E-state index is 0.0706. The summed E-state index contributed by atoms with van der Waals surface area (Å²) in [6.07, 6.45) is 0. The largest absolute Gasteiger partial charge is 0.325 e. The maximum Gasteiger partial charge on any atom is 0.234 e. The topological polar surface area (TPSA) is 54.9 Å². The zero-order valence-electron chi connectivity index (χ0n) is 17.8. The molecule has 0 spiro atoms. The van der Waals surface area contributed by atoms with Crippen molar-refractivity contribution < 1.29 is 4.79 Å². The molecule has 0 atom stereocenters. The van der Waals surface area contributed by atoms with Gasteiger partial charge in [0.2, 0.25) is 5.91 Å². The number of fused-ring (bicyclic) bond motifs is 1. The van der Waals surface area contributed by atoms with Crippen molar-refractivity contribution in [3.63, 3.8) is 0 Å². The van der Waals surface area contributed by atoms with E-state index >= 15 is 0 Å². The number of nitrogens with zero attached hydrogens (tertiary/aromatic N) is 2. The maximum atomic E-state index is 12.5. The predicted molar refractivity (Wildman–Crippen MR) is 136 cm³/mol. The number of anilines is 1. The van der Waals surface area contributed by atoms with Crippen LogP contribution in [0.4, 0.5) is 5.69 Å². The van der Waals surface area contributed by atoms with E-state index < -0.39 is 0 Å². The summed E-state index contributed by atoms with van der Waals surface area (Å²) in [5.41, 5.74) is 4.98. The molecule has 5 rings (SSSR count). The standard InChI is InChI=1S/C28H21N3OS/c32-27(29-26-12-6-10-22-9-4-5-11-24(22)26)19-33-28-18-17-25(30-31-28)23-15-13-21(14-16-23)20-7-2-1-3-8-20/h1-18H,19H2,(H,29,32). The molecule has 0 radical (unpaired) electrons. The van der Waals surface area contributed by atoms with Crippen molar-refractivity contribution in [2.45, 2.75) is 5.03 Å². The van der Waals surface area contributed by atoms with E-state index in [0.29, 0.717) is 5.03 Å². The number of hydrogen-bond donors (Lipinski definition) is 1. The first kappa shape index (κ1) is 20.9. The number of carbonyl (C=O) groups excluding carboxylic acids is 1. The van der Waals surface area contributed by atoms with Gasteiger partial charge in [0.1, 0.15) is 5.03 Å². The first-order valence-electron chi connectivity index (χ1n) is 10.7. The number of amides is 1. The van der Waals surface area contributed by atoms with Gasteiger partial charge in [0.15, 0.2) is 0 Å². The summed E-state index contributed by atoms with van der Waals surface area (Å²) in [5.74, 6) is 0.196. The lowest BCUT2D eigenvalue weighted by Gasteiger charge is -2.08. The quantitative estimate of drug-likeness (QED) is 0.295. The zero-order chi connectivity index (χ0) is 22.5. The number of carbonyl (C=O) groups is 1. The molecule has 0 saturated carbocycles. The van der Waals surface area contributed by atoms with Crippen LogP contribution in [0.2, 0.25) is 0 Å². The Bertz CT molecular complexity index is 1380. The van der Waals surface area contributed by atoms with E-state index in [1.54, 1.807) is 0 Å². The van der Waals surface area contributed by atoms with Crippen LogP contribution >= 0.6 is 11.8 Å². The smallest absolute Gasteiger partial charge is 0.234 e. The van der Waals surface area contributed by atoms with Crippen LogP contribution in [0.25, 0.3) is 33.2 Å². The number of thioether (sulfide) groups is 1. The van der Waals surface area contributed by atoms with Gasteiger partial charge in [-0.2, -0.15) is 0 Å². The fraction of sp³-hybridized carbons (Fsp3) is 0.0357. The minimum atomic E-state index is -0.0706. The molecule has 4 nitrogen and oxygen atoms in total. The molecule has 33 heavy (non-hydrogen) atoms. The first-order valence-corrected chi connectivity index (χ1v) is 11.6. The number of aromatic nitrogens is 2. The molecule has 4 aromatic carbocycles. The molecule has 1 heterocycles. The summed E-state index contributed by atoms with van der Waals surface area (Å²) in [5, 5.41) is 14.5. The third kappa shape index (κ3) is 4.94. The fourth-order valence-corrected chi connectivity index (χ4v) is 4.29. The van der Waals surface area contributed by atoms with E-state index in [4.69, 9.17) is 0 Å². The SMILES string of the molecule is O=C(CSc1ccc(-c2ccc(-c3ccccc3)cc2)nn1)Nc1cccc2ccccc12. The Labute approximate surface area is 196 Å². The van der Waals surface area contributed by atoms with Gasteiger partial charge in [-0.05, 0) is 34.7 Å². The van der Waals surface area contributed by atoms with E-state index in [0.717, 1.165) is 33.3 Å². The summed E-state index contributed by atoms with van der Waals surface area (Å²) in [6, 6.07) is 36.3. The molecule has 5 aromatic rings. The van der Waals surface area contributed by atoms with Gasteiger partial charge in [-0.1, -0.05) is 103 Å². The van der Waals surface area contributed by atoms with Crippen molar-refractivity contribution in [2.75, 3.05) is 11.1 Å². The Hall–Kier alpha value is -3.96. The summed E-state index contributed by atoms with van der Waals surface area (Å²) in [6.45, 7) is 0. The first-order chi connectivity index (χ1) is 16.3. The molecule has 0 aliphatic rings. The van der Waals surface area contributed by atoms with Crippen molar-refractivity contribution in [3.05, 3.63) is 109 Å². The predicted octanol–water partition coefficient (Wildman–Crippen LogP) is 6.69. The average molecular weight is 448 g/mol. The molecule has 160 valence electrons. The highest BCUT2D eigenvalue weighted by atomic mass is 32.2. The lowest BCUT2D eigenvalue weighted by atomic mass is 10.0.